The minimum atomic E-state index is -0.160. The second kappa shape index (κ2) is 7.07. The molecule has 0 bridgehead atoms. The lowest BCUT2D eigenvalue weighted by Crippen LogP contribution is -2.05. The van der Waals surface area contributed by atoms with Crippen molar-refractivity contribution in [1.29, 1.82) is 0 Å². The Morgan fingerprint density at radius 3 is 2.65 bits per heavy atom. The van der Waals surface area contributed by atoms with E-state index < -0.39 is 0 Å². The second-order valence-corrected chi connectivity index (χ2v) is 6.12. The van der Waals surface area contributed by atoms with Gasteiger partial charge in [0.25, 0.3) is 0 Å². The van der Waals surface area contributed by atoms with Crippen LogP contribution >= 0.6 is 23.2 Å². The van der Waals surface area contributed by atoms with Crippen molar-refractivity contribution in [2.45, 2.75) is 19.4 Å². The van der Waals surface area contributed by atoms with Crippen molar-refractivity contribution in [2.75, 3.05) is 0 Å². The van der Waals surface area contributed by atoms with Crippen LogP contribution in [0.1, 0.15) is 30.1 Å². The van der Waals surface area contributed by atoms with Crippen molar-refractivity contribution >= 4 is 23.2 Å². The van der Waals surface area contributed by atoms with Gasteiger partial charge in [-0.3, -0.25) is 0 Å². The average molecular weight is 347 g/mol. The summed E-state index contributed by atoms with van der Waals surface area (Å²) in [5.41, 5.74) is 1.98. The molecule has 118 valence electrons. The van der Waals surface area contributed by atoms with Gasteiger partial charge in [-0.2, -0.15) is 0 Å². The molecule has 1 unspecified atom stereocenters. The summed E-state index contributed by atoms with van der Waals surface area (Å²) in [5, 5.41) is 1.29. The third-order valence-corrected chi connectivity index (χ3v) is 4.07. The molecule has 0 spiro atoms. The van der Waals surface area contributed by atoms with Crippen LogP contribution in [0.5, 0.6) is 5.75 Å². The average Bonchev–Trinajstić information content (AvgIpc) is 3.00. The van der Waals surface area contributed by atoms with Crippen LogP contribution in [0, 0.1) is 0 Å². The zero-order chi connectivity index (χ0) is 16.2. The SMILES string of the molecule is CC(Oc1ccccc1)c1ncc(Cc2ccc(Cl)cc2Cl)[nH]1. The minimum Gasteiger partial charge on any atom is -0.483 e. The fourth-order valence-electron chi connectivity index (χ4n) is 2.30. The lowest BCUT2D eigenvalue weighted by molar-refractivity contribution is 0.217. The molecule has 1 aromatic heterocycles. The number of benzene rings is 2. The lowest BCUT2D eigenvalue weighted by Gasteiger charge is -2.12. The summed E-state index contributed by atoms with van der Waals surface area (Å²) in [7, 11) is 0. The summed E-state index contributed by atoms with van der Waals surface area (Å²) < 4.78 is 5.87. The molecule has 2 aromatic carbocycles. The Labute approximate surface area is 145 Å². The number of hydrogen-bond donors (Lipinski definition) is 1. The standard InChI is InChI=1S/C18H16Cl2N2O/c1-12(23-16-5-3-2-4-6-16)18-21-11-15(22-18)9-13-7-8-14(19)10-17(13)20/h2-8,10-12H,9H2,1H3,(H,21,22). The van der Waals surface area contributed by atoms with Gasteiger partial charge in [-0.15, -0.1) is 0 Å². The Hall–Kier alpha value is -1.97. The van der Waals surface area contributed by atoms with Gasteiger partial charge >= 0.3 is 0 Å². The number of hydrogen-bond acceptors (Lipinski definition) is 2. The van der Waals surface area contributed by atoms with Crippen molar-refractivity contribution < 1.29 is 4.74 Å². The summed E-state index contributed by atoms with van der Waals surface area (Å²) in [5.74, 6) is 1.60. The van der Waals surface area contributed by atoms with E-state index in [0.717, 1.165) is 22.8 Å². The normalized spacial score (nSPS) is 12.1. The van der Waals surface area contributed by atoms with Crippen LogP contribution in [0.4, 0.5) is 0 Å². The van der Waals surface area contributed by atoms with Crippen molar-refractivity contribution in [3.63, 3.8) is 0 Å². The molecule has 23 heavy (non-hydrogen) atoms. The maximum atomic E-state index is 6.21. The Morgan fingerprint density at radius 2 is 1.91 bits per heavy atom. The molecular formula is C18H16Cl2N2O. The Balaban J connectivity index is 1.70. The van der Waals surface area contributed by atoms with Crippen molar-refractivity contribution in [3.05, 3.63) is 81.9 Å². The predicted molar refractivity (Wildman–Crippen MR) is 93.3 cm³/mol. The Kier molecular flexibility index (Phi) is 4.89. The van der Waals surface area contributed by atoms with Gasteiger partial charge in [0.2, 0.25) is 0 Å². The van der Waals surface area contributed by atoms with Gasteiger partial charge in [0.15, 0.2) is 6.10 Å². The molecule has 0 aliphatic rings. The van der Waals surface area contributed by atoms with Crippen LogP contribution in [0.2, 0.25) is 10.0 Å². The first kappa shape index (κ1) is 15.9. The van der Waals surface area contributed by atoms with Crippen molar-refractivity contribution in [1.82, 2.24) is 9.97 Å². The molecule has 0 aliphatic carbocycles. The highest BCUT2D eigenvalue weighted by Crippen LogP contribution is 2.24. The van der Waals surface area contributed by atoms with Gasteiger partial charge in [0.1, 0.15) is 11.6 Å². The Bertz CT molecular complexity index is 787. The van der Waals surface area contributed by atoms with Gasteiger partial charge in [-0.1, -0.05) is 47.5 Å². The number of halogens is 2. The zero-order valence-corrected chi connectivity index (χ0v) is 14.1. The van der Waals surface area contributed by atoms with Crippen LogP contribution in [-0.2, 0) is 6.42 Å². The van der Waals surface area contributed by atoms with E-state index in [1.807, 2.05) is 55.6 Å². The van der Waals surface area contributed by atoms with Crippen LogP contribution in [0.3, 0.4) is 0 Å². The van der Waals surface area contributed by atoms with Crippen LogP contribution in [0.25, 0.3) is 0 Å². The maximum Gasteiger partial charge on any atom is 0.153 e. The predicted octanol–water partition coefficient (Wildman–Crippen LogP) is 5.45. The topological polar surface area (TPSA) is 37.9 Å². The molecule has 0 aliphatic heterocycles. The molecule has 5 heteroatoms. The van der Waals surface area contributed by atoms with Crippen molar-refractivity contribution in [3.8, 4) is 5.75 Å². The number of nitrogens with one attached hydrogen (secondary N) is 1. The molecule has 0 saturated carbocycles. The summed E-state index contributed by atoms with van der Waals surface area (Å²) in [6.45, 7) is 1.96. The number of nitrogens with zero attached hydrogens (tertiary/aromatic N) is 1. The van der Waals surface area contributed by atoms with E-state index in [2.05, 4.69) is 9.97 Å². The first-order valence-electron chi connectivity index (χ1n) is 7.31. The highest BCUT2D eigenvalue weighted by atomic mass is 35.5. The van der Waals surface area contributed by atoms with E-state index in [-0.39, 0.29) is 6.10 Å². The van der Waals surface area contributed by atoms with E-state index >= 15 is 0 Å². The Morgan fingerprint density at radius 1 is 1.13 bits per heavy atom. The molecule has 0 radical (unpaired) electrons. The number of H-pyrrole nitrogens is 1. The molecule has 0 saturated heterocycles. The molecule has 3 rings (SSSR count). The number of para-hydroxylation sites is 1. The van der Waals surface area contributed by atoms with E-state index in [4.69, 9.17) is 27.9 Å². The second-order valence-electron chi connectivity index (χ2n) is 5.28. The van der Waals surface area contributed by atoms with Crippen LogP contribution < -0.4 is 4.74 Å². The van der Waals surface area contributed by atoms with Crippen molar-refractivity contribution in [2.24, 2.45) is 0 Å². The van der Waals surface area contributed by atoms with E-state index in [1.165, 1.54) is 0 Å². The molecule has 1 heterocycles. The van der Waals surface area contributed by atoms with Gasteiger partial charge in [-0.25, -0.2) is 4.98 Å². The monoisotopic (exact) mass is 346 g/mol. The first-order valence-corrected chi connectivity index (χ1v) is 8.07. The third kappa shape index (κ3) is 4.06. The molecule has 1 atom stereocenters. The van der Waals surface area contributed by atoms with Crippen LogP contribution in [-0.4, -0.2) is 9.97 Å². The number of ether oxygens (including phenoxy) is 1. The van der Waals surface area contributed by atoms with Gasteiger partial charge < -0.3 is 9.72 Å². The molecular weight excluding hydrogens is 331 g/mol. The van der Waals surface area contributed by atoms with Gasteiger partial charge in [0.05, 0.1) is 0 Å². The number of aromatic amines is 1. The fourth-order valence-corrected chi connectivity index (χ4v) is 2.78. The largest absolute Gasteiger partial charge is 0.483 e. The quantitative estimate of drug-likeness (QED) is 0.667. The van der Waals surface area contributed by atoms with Gasteiger partial charge in [0, 0.05) is 28.4 Å². The van der Waals surface area contributed by atoms with E-state index in [9.17, 15) is 0 Å². The third-order valence-electron chi connectivity index (χ3n) is 3.49. The van der Waals surface area contributed by atoms with E-state index in [1.54, 1.807) is 6.07 Å². The van der Waals surface area contributed by atoms with Crippen LogP contribution in [0.15, 0.2) is 54.7 Å². The molecule has 3 aromatic rings. The maximum absolute atomic E-state index is 6.21. The highest BCUT2D eigenvalue weighted by molar-refractivity contribution is 6.35. The molecule has 1 N–H and O–H groups in total. The van der Waals surface area contributed by atoms with E-state index in [0.29, 0.717) is 16.5 Å². The lowest BCUT2D eigenvalue weighted by atomic mass is 10.1. The van der Waals surface area contributed by atoms with Gasteiger partial charge in [-0.05, 0) is 36.8 Å². The molecule has 0 fully saturated rings. The summed E-state index contributed by atoms with van der Waals surface area (Å²) in [4.78, 5) is 7.70. The highest BCUT2D eigenvalue weighted by Gasteiger charge is 2.12. The zero-order valence-electron chi connectivity index (χ0n) is 12.6. The molecule has 3 nitrogen and oxygen atoms in total. The first-order chi connectivity index (χ1) is 11.1. The summed E-state index contributed by atoms with van der Waals surface area (Å²) in [6, 6.07) is 15.2. The molecule has 0 amide bonds. The smallest absolute Gasteiger partial charge is 0.153 e. The number of aromatic nitrogens is 2. The summed E-state index contributed by atoms with van der Waals surface area (Å²) >= 11 is 12.1. The number of rotatable bonds is 5. The number of imidazole rings is 1. The summed E-state index contributed by atoms with van der Waals surface area (Å²) in [6.07, 6.45) is 2.32. The fraction of sp³-hybridized carbons (Fsp3) is 0.167. The minimum absolute atomic E-state index is 0.160.